The number of carbonyl (C=O) groups excluding carboxylic acids is 5. The van der Waals surface area contributed by atoms with Crippen molar-refractivity contribution in [2.45, 2.75) is 168 Å². The van der Waals surface area contributed by atoms with Gasteiger partial charge in [0, 0.05) is 71.5 Å². The fraction of sp³-hybridized carbons (Fsp3) is 0.379. The number of amides is 3. The van der Waals surface area contributed by atoms with Crippen molar-refractivity contribution in [1.82, 2.24) is 35.0 Å². The number of carbonyl (C=O) groups is 6. The molecule has 34 heteroatoms. The summed E-state index contributed by atoms with van der Waals surface area (Å²) in [5.74, 6) is 3.51. The number of nitrogens with two attached hydrogens (primary N) is 1. The molecule has 3 amide bonds. The smallest absolute Gasteiger partial charge is 0.337 e. The van der Waals surface area contributed by atoms with E-state index in [0.717, 1.165) is 76.7 Å². The Hall–Kier alpha value is -11.0. The molecule has 6 atom stereocenters. The zero-order valence-corrected chi connectivity index (χ0v) is 78.9. The van der Waals surface area contributed by atoms with Crippen molar-refractivity contribution in [3.8, 4) is 74.4 Å². The molecule has 7 N–H and O–H groups in total. The van der Waals surface area contributed by atoms with Gasteiger partial charge in [0.15, 0.2) is 5.84 Å². The lowest BCUT2D eigenvalue weighted by Gasteiger charge is -2.24. The van der Waals surface area contributed by atoms with Crippen LogP contribution < -0.4 is 24.7 Å². The largest absolute Gasteiger partial charge is 0.506 e. The Balaban J connectivity index is 0.000000166. The van der Waals surface area contributed by atoms with Crippen LogP contribution >= 0.6 is 73.9 Å². The molecule has 3 aliphatic carbocycles. The Morgan fingerprint density at radius 2 is 0.829 bits per heavy atom. The van der Waals surface area contributed by atoms with Crippen LogP contribution in [0, 0.1) is 17.8 Å². The maximum Gasteiger partial charge on any atom is 0.337 e. The van der Waals surface area contributed by atoms with Crippen LogP contribution in [0.15, 0.2) is 160 Å². The predicted octanol–water partition coefficient (Wildman–Crippen LogP) is 19.6. The first-order valence-electron chi connectivity index (χ1n) is 42.0. The number of carboxylic acid groups (broad SMARTS) is 1. The third-order valence-corrected chi connectivity index (χ3v) is 22.7. The number of ether oxygens (including phenoxy) is 6. The number of aliphatic hydroxyl groups excluding tert-OH is 2. The Labute approximate surface area is 781 Å². The molecule has 10 aromatic rings. The number of benzene rings is 8. The summed E-state index contributed by atoms with van der Waals surface area (Å²) in [6.45, 7) is 23.0. The molecule has 686 valence electrons. The number of aromatic carboxylic acids is 1. The maximum absolute atomic E-state index is 12.4. The highest BCUT2D eigenvalue weighted by Gasteiger charge is 2.49. The van der Waals surface area contributed by atoms with E-state index < -0.39 is 17.9 Å². The summed E-state index contributed by atoms with van der Waals surface area (Å²) >= 11 is 33.3. The number of methoxy groups -OCH3 is 2. The number of rotatable bonds is 22. The van der Waals surface area contributed by atoms with Gasteiger partial charge >= 0.3 is 17.9 Å². The van der Waals surface area contributed by atoms with Crippen molar-refractivity contribution in [3.05, 3.63) is 226 Å². The molecular formula is C95H105BrCl5N9O19. The second-order valence-electron chi connectivity index (χ2n) is 32.2. The Morgan fingerprint density at radius 1 is 0.488 bits per heavy atom. The number of aromatic hydroxyl groups is 1. The van der Waals surface area contributed by atoms with Crippen molar-refractivity contribution in [2.75, 3.05) is 47.1 Å². The molecule has 0 radical (unpaired) electrons. The standard InChI is InChI=1S/2C24H24ClN3O4.C15H19N3O2.C11H13ClO3.C10H11ClO3.C8H7ClO3.C3H7Br/c2*1-13(2)31-20-7-6-14(11-19(20)25)24-26-23(27-32-24)17-5-3-4-16-18(17)10-15-12-21(30)28(8-9-29)22(15)16;1-2-6-18-13(19)8-9-7-12-10(14(9)18)4-3-5-11(12)15(16)17-20;1-7(2)15-10-5-4-8(6-9(10)12)11(13)14-3;1-6(2)14-9-4-3-7(10(12)13)5-8(9)11;1-12-8(11)5-2-3-7(10)6(9)4-5;1-3(2)4/h2*3-7,11,13,15,22,29H,8-10,12H2,1-2H3;3-5,9,14,20H,2,6-8H2,1H3,(H2,16,17);4-7H,1-3H3;3-6H,1-2H3,(H,12,13);2-4,10H,1H3;3H,1-2H3. The minimum Gasteiger partial charge on any atom is -0.506 e. The van der Waals surface area contributed by atoms with Crippen molar-refractivity contribution in [2.24, 2.45) is 28.6 Å². The van der Waals surface area contributed by atoms with E-state index in [4.69, 9.17) is 107 Å². The van der Waals surface area contributed by atoms with Gasteiger partial charge in [-0.05, 0) is 223 Å². The monoisotopic (exact) mass is 1930 g/mol. The van der Waals surface area contributed by atoms with Gasteiger partial charge in [0.1, 0.15) is 28.7 Å². The number of β-amino-alcohol motifs (C(OH)–C–C–N with tert-alkyl or cyclic N) is 2. The van der Waals surface area contributed by atoms with Crippen LogP contribution in [0.1, 0.15) is 190 Å². The number of nitrogens with zero attached hydrogens (tertiary/aromatic N) is 8. The molecule has 16 rings (SSSR count). The molecule has 0 bridgehead atoms. The molecule has 129 heavy (non-hydrogen) atoms. The van der Waals surface area contributed by atoms with E-state index in [1.54, 1.807) is 52.3 Å². The van der Waals surface area contributed by atoms with Gasteiger partial charge in [-0.2, -0.15) is 9.97 Å². The number of alkyl halides is 1. The zero-order valence-electron chi connectivity index (χ0n) is 73.6. The first-order chi connectivity index (χ1) is 61.5. The molecule has 28 nitrogen and oxygen atoms in total. The molecule has 6 aliphatic rings. The highest BCUT2D eigenvalue weighted by molar-refractivity contribution is 9.09. The van der Waals surface area contributed by atoms with Gasteiger partial charge in [0.25, 0.3) is 11.8 Å². The minimum atomic E-state index is -0.997. The number of halogens is 6. The van der Waals surface area contributed by atoms with Crippen LogP contribution in [0.25, 0.3) is 45.7 Å². The number of esters is 2. The van der Waals surface area contributed by atoms with Gasteiger partial charge in [0.2, 0.25) is 29.4 Å². The first kappa shape index (κ1) is 100. The van der Waals surface area contributed by atoms with E-state index in [-0.39, 0.29) is 107 Å². The van der Waals surface area contributed by atoms with Gasteiger partial charge < -0.3 is 83.5 Å². The normalized spacial score (nSPS) is 17.0. The first-order valence-corrected chi connectivity index (χ1v) is 44.8. The minimum absolute atomic E-state index is 0.00304. The number of hydrogen-bond donors (Lipinski definition) is 6. The number of carboxylic acids is 1. The molecule has 8 aromatic carbocycles. The fourth-order valence-corrected chi connectivity index (χ4v) is 17.3. The number of oxime groups is 1. The average Bonchev–Trinajstić information content (AvgIpc) is 1.60. The molecule has 3 fully saturated rings. The lowest BCUT2D eigenvalue weighted by molar-refractivity contribution is -0.130. The predicted molar refractivity (Wildman–Crippen MR) is 495 cm³/mol. The van der Waals surface area contributed by atoms with E-state index in [1.807, 2.05) is 109 Å². The Bertz CT molecular complexity index is 5490. The molecule has 3 saturated heterocycles. The highest BCUT2D eigenvalue weighted by Crippen LogP contribution is 2.52. The number of amidine groups is 1. The molecule has 0 spiro atoms. The van der Waals surface area contributed by atoms with Crippen LogP contribution in [-0.4, -0.2) is 178 Å². The number of aliphatic hydroxyl groups is 2. The van der Waals surface area contributed by atoms with Crippen molar-refractivity contribution in [1.29, 1.82) is 0 Å². The zero-order chi connectivity index (χ0) is 93.9. The summed E-state index contributed by atoms with van der Waals surface area (Å²) in [5, 5.41) is 58.8. The third-order valence-electron chi connectivity index (χ3n) is 21.2. The number of hydrogen-bond acceptors (Lipinski definition) is 23. The number of fused-ring (bicyclic) bond motifs is 9. The molecular weight excluding hydrogens is 1830 g/mol. The maximum atomic E-state index is 12.4. The average molecular weight is 1930 g/mol. The summed E-state index contributed by atoms with van der Waals surface area (Å²) in [4.78, 5) is 85.0. The Kier molecular flexibility index (Phi) is 35.7. The summed E-state index contributed by atoms with van der Waals surface area (Å²) in [5.41, 5.74) is 17.5. The lowest BCUT2D eigenvalue weighted by Crippen LogP contribution is -2.30. The van der Waals surface area contributed by atoms with Crippen LogP contribution in [0.2, 0.25) is 25.1 Å². The number of aromatic nitrogens is 4. The topological polar surface area (TPSA) is 385 Å². The van der Waals surface area contributed by atoms with E-state index >= 15 is 0 Å². The second-order valence-corrected chi connectivity index (χ2v) is 36.1. The molecule has 2 aromatic heterocycles. The van der Waals surface area contributed by atoms with E-state index in [1.165, 1.54) is 56.2 Å². The number of likely N-dealkylation sites (tertiary alicyclic amines) is 3. The molecule has 3 aliphatic heterocycles. The summed E-state index contributed by atoms with van der Waals surface area (Å²) < 4.78 is 42.3. The van der Waals surface area contributed by atoms with Crippen LogP contribution in [-0.2, 0) is 43.1 Å². The lowest BCUT2D eigenvalue weighted by atomic mass is 10.0. The molecule has 0 saturated carbocycles. The van der Waals surface area contributed by atoms with Crippen molar-refractivity contribution >= 4 is 115 Å². The van der Waals surface area contributed by atoms with Gasteiger partial charge in [-0.3, -0.25) is 14.4 Å². The van der Waals surface area contributed by atoms with Crippen LogP contribution in [0.3, 0.4) is 0 Å². The SMILES string of the molecule is CC(C)Br.CC(C)Oc1ccc(-c2nc(-c3cccc4c3CC3CC(=O)N(CCO)C43)no2)cc1Cl.CC(C)Oc1ccc(-c2nc(-c3cccc4c3CC3CC(=O)N(CCO)C43)no2)cc1Cl.CC(C)Oc1ccc(C(=O)O)cc1Cl.CCCN1C(=O)CC2Cc3c(/C(N)=N/O)cccc3C21.COC(=O)c1ccc(O)c(Cl)c1.COC(=O)c1ccc(OC(C)C)c(Cl)c1. The van der Waals surface area contributed by atoms with Crippen molar-refractivity contribution in [3.63, 3.8) is 0 Å². The summed E-state index contributed by atoms with van der Waals surface area (Å²) in [7, 11) is 2.61. The van der Waals surface area contributed by atoms with Crippen LogP contribution in [0.4, 0.5) is 0 Å². The quantitative estimate of drug-likeness (QED) is 0.00916. The van der Waals surface area contributed by atoms with Gasteiger partial charge in [-0.1, -0.05) is 165 Å². The molecule has 5 heterocycles. The number of phenols is 1. The Morgan fingerprint density at radius 3 is 1.18 bits per heavy atom. The highest BCUT2D eigenvalue weighted by atomic mass is 79.9. The summed E-state index contributed by atoms with van der Waals surface area (Å²) in [6.07, 6.45) is 5.07. The third kappa shape index (κ3) is 24.9. The van der Waals surface area contributed by atoms with E-state index in [9.17, 15) is 39.0 Å². The summed E-state index contributed by atoms with van der Waals surface area (Å²) in [6, 6.07) is 42.2. The van der Waals surface area contributed by atoms with Crippen LogP contribution in [0.5, 0.6) is 28.7 Å². The number of phenolic OH excluding ortho intramolecular Hbond substituents is 1. The van der Waals surface area contributed by atoms with Crippen molar-refractivity contribution < 1.29 is 91.9 Å². The fourth-order valence-electron chi connectivity index (χ4n) is 16.2. The van der Waals surface area contributed by atoms with E-state index in [0.29, 0.717) is 132 Å². The van der Waals surface area contributed by atoms with E-state index in [2.05, 4.69) is 89.8 Å². The van der Waals surface area contributed by atoms with Gasteiger partial charge in [-0.15, -0.1) is 0 Å². The van der Waals surface area contributed by atoms with Gasteiger partial charge in [-0.25, -0.2) is 14.4 Å². The molecule has 6 unspecified atom stereocenters. The second kappa shape index (κ2) is 46.0. The van der Waals surface area contributed by atoms with Gasteiger partial charge in [0.05, 0.1) is 112 Å².